The summed E-state index contributed by atoms with van der Waals surface area (Å²) >= 11 is 0. The maximum atomic E-state index is 11.5. The lowest BCUT2D eigenvalue weighted by molar-refractivity contribution is -0.122. The van der Waals surface area contributed by atoms with Crippen molar-refractivity contribution in [3.8, 4) is 11.8 Å². The second-order valence-electron chi connectivity index (χ2n) is 3.20. The molecule has 4 nitrogen and oxygen atoms in total. The van der Waals surface area contributed by atoms with Crippen LogP contribution in [0.1, 0.15) is 13.3 Å². The molecule has 0 aromatic heterocycles. The highest BCUT2D eigenvalue weighted by Gasteiger charge is 2.28. The minimum atomic E-state index is -0.126. The first-order chi connectivity index (χ1) is 6.77. The third kappa shape index (κ3) is 3.02. The van der Waals surface area contributed by atoms with Gasteiger partial charge in [-0.15, -0.1) is 5.92 Å². The number of carbonyl (C=O) groups is 1. The Morgan fingerprint density at radius 2 is 2.50 bits per heavy atom. The maximum absolute atomic E-state index is 11.5. The van der Waals surface area contributed by atoms with E-state index in [1.54, 1.807) is 14.0 Å². The number of rotatable bonds is 3. The molecule has 0 aliphatic carbocycles. The van der Waals surface area contributed by atoms with E-state index in [0.717, 1.165) is 13.0 Å². The number of hydrogen-bond acceptors (Lipinski definition) is 3. The molecule has 1 heterocycles. The third-order valence-corrected chi connectivity index (χ3v) is 2.27. The van der Waals surface area contributed by atoms with Crippen molar-refractivity contribution in [2.45, 2.75) is 25.5 Å². The van der Waals surface area contributed by atoms with Crippen LogP contribution in [0.4, 0.5) is 0 Å². The van der Waals surface area contributed by atoms with Crippen LogP contribution in [-0.4, -0.2) is 38.3 Å². The number of amides is 1. The van der Waals surface area contributed by atoms with E-state index in [1.807, 2.05) is 0 Å². The molecule has 0 aromatic rings. The molecule has 0 radical (unpaired) electrons. The molecule has 0 spiro atoms. The Morgan fingerprint density at radius 1 is 1.71 bits per heavy atom. The summed E-state index contributed by atoms with van der Waals surface area (Å²) in [6, 6.07) is -0.126. The average molecular weight is 196 g/mol. The monoisotopic (exact) mass is 196 g/mol. The summed E-state index contributed by atoms with van der Waals surface area (Å²) in [5, 5.41) is 5.84. The standard InChI is InChI=1S/C10H16N2O2/c1-3-4-5-11-10(13)9-6-8(14-2)7-12-9/h8-9,12H,5-7H2,1-2H3,(H,11,13). The van der Waals surface area contributed by atoms with Crippen LogP contribution in [-0.2, 0) is 9.53 Å². The molecule has 2 unspecified atom stereocenters. The number of carbonyl (C=O) groups excluding carboxylic acids is 1. The van der Waals surface area contributed by atoms with Crippen molar-refractivity contribution < 1.29 is 9.53 Å². The predicted octanol–water partition coefficient (Wildman–Crippen LogP) is -0.497. The third-order valence-electron chi connectivity index (χ3n) is 2.27. The van der Waals surface area contributed by atoms with Gasteiger partial charge in [0.15, 0.2) is 0 Å². The second-order valence-corrected chi connectivity index (χ2v) is 3.20. The minimum absolute atomic E-state index is 0.00676. The zero-order chi connectivity index (χ0) is 10.4. The first-order valence-corrected chi connectivity index (χ1v) is 4.71. The van der Waals surface area contributed by atoms with E-state index in [9.17, 15) is 4.79 Å². The molecule has 2 N–H and O–H groups in total. The lowest BCUT2D eigenvalue weighted by Crippen LogP contribution is -2.40. The molecule has 1 rings (SSSR count). The topological polar surface area (TPSA) is 50.4 Å². The van der Waals surface area contributed by atoms with Crippen LogP contribution in [0.25, 0.3) is 0 Å². The van der Waals surface area contributed by atoms with Gasteiger partial charge >= 0.3 is 0 Å². The molecule has 4 heteroatoms. The second kappa shape index (κ2) is 5.63. The van der Waals surface area contributed by atoms with Gasteiger partial charge in [-0.05, 0) is 13.3 Å². The van der Waals surface area contributed by atoms with Crippen LogP contribution in [0.2, 0.25) is 0 Å². The fourth-order valence-electron chi connectivity index (χ4n) is 1.43. The highest BCUT2D eigenvalue weighted by Crippen LogP contribution is 2.08. The quantitative estimate of drug-likeness (QED) is 0.598. The largest absolute Gasteiger partial charge is 0.380 e. The molecule has 0 aromatic carbocycles. The predicted molar refractivity (Wildman–Crippen MR) is 53.7 cm³/mol. The minimum Gasteiger partial charge on any atom is -0.380 e. The van der Waals surface area contributed by atoms with Crippen molar-refractivity contribution in [1.29, 1.82) is 0 Å². The van der Waals surface area contributed by atoms with E-state index < -0.39 is 0 Å². The fourth-order valence-corrected chi connectivity index (χ4v) is 1.43. The Bertz CT molecular complexity index is 255. The number of methoxy groups -OCH3 is 1. The van der Waals surface area contributed by atoms with Gasteiger partial charge in [0.1, 0.15) is 0 Å². The van der Waals surface area contributed by atoms with E-state index in [2.05, 4.69) is 22.5 Å². The van der Waals surface area contributed by atoms with Gasteiger partial charge in [0.05, 0.1) is 18.7 Å². The Labute approximate surface area is 84.4 Å². The molecule has 0 saturated carbocycles. The van der Waals surface area contributed by atoms with Gasteiger partial charge in [0.2, 0.25) is 5.91 Å². The van der Waals surface area contributed by atoms with Crippen molar-refractivity contribution in [2.24, 2.45) is 0 Å². The van der Waals surface area contributed by atoms with E-state index in [4.69, 9.17) is 4.74 Å². The molecule has 1 saturated heterocycles. The van der Waals surface area contributed by atoms with E-state index >= 15 is 0 Å². The van der Waals surface area contributed by atoms with Crippen molar-refractivity contribution in [1.82, 2.24) is 10.6 Å². The van der Waals surface area contributed by atoms with Crippen molar-refractivity contribution in [2.75, 3.05) is 20.2 Å². The summed E-state index contributed by atoms with van der Waals surface area (Å²) in [6.07, 6.45) is 0.894. The summed E-state index contributed by atoms with van der Waals surface area (Å²) in [4.78, 5) is 11.5. The van der Waals surface area contributed by atoms with Crippen LogP contribution in [0.3, 0.4) is 0 Å². The summed E-state index contributed by atoms with van der Waals surface area (Å²) < 4.78 is 5.15. The molecule has 1 amide bonds. The Balaban J connectivity index is 2.27. The Hall–Kier alpha value is -1.05. The Morgan fingerprint density at radius 3 is 3.07 bits per heavy atom. The number of ether oxygens (including phenoxy) is 1. The number of hydrogen-bond donors (Lipinski definition) is 2. The molecule has 1 aliphatic rings. The SMILES string of the molecule is CC#CCNC(=O)C1CC(OC)CN1. The van der Waals surface area contributed by atoms with Gasteiger partial charge in [-0.3, -0.25) is 4.79 Å². The van der Waals surface area contributed by atoms with Gasteiger partial charge in [0.25, 0.3) is 0 Å². The van der Waals surface area contributed by atoms with Gasteiger partial charge < -0.3 is 15.4 Å². The molecule has 78 valence electrons. The van der Waals surface area contributed by atoms with Crippen molar-refractivity contribution in [3.63, 3.8) is 0 Å². The Kier molecular flexibility index (Phi) is 4.44. The molecule has 1 aliphatic heterocycles. The molecular formula is C10H16N2O2. The lowest BCUT2D eigenvalue weighted by Gasteiger charge is -2.08. The van der Waals surface area contributed by atoms with Crippen molar-refractivity contribution >= 4 is 5.91 Å². The average Bonchev–Trinajstić information content (AvgIpc) is 2.66. The van der Waals surface area contributed by atoms with E-state index in [-0.39, 0.29) is 18.1 Å². The normalized spacial score (nSPS) is 25.3. The number of nitrogens with one attached hydrogen (secondary N) is 2. The fraction of sp³-hybridized carbons (Fsp3) is 0.700. The van der Waals surface area contributed by atoms with E-state index in [0.29, 0.717) is 6.54 Å². The van der Waals surface area contributed by atoms with Crippen LogP contribution in [0, 0.1) is 11.8 Å². The zero-order valence-electron chi connectivity index (χ0n) is 8.59. The molecule has 14 heavy (non-hydrogen) atoms. The lowest BCUT2D eigenvalue weighted by atomic mass is 10.2. The first kappa shape index (κ1) is 11.0. The van der Waals surface area contributed by atoms with Crippen LogP contribution >= 0.6 is 0 Å². The van der Waals surface area contributed by atoms with Crippen molar-refractivity contribution in [3.05, 3.63) is 0 Å². The first-order valence-electron chi connectivity index (χ1n) is 4.71. The maximum Gasteiger partial charge on any atom is 0.237 e. The van der Waals surface area contributed by atoms with E-state index in [1.165, 1.54) is 0 Å². The summed E-state index contributed by atoms with van der Waals surface area (Å²) in [5.41, 5.74) is 0. The van der Waals surface area contributed by atoms with Crippen LogP contribution < -0.4 is 10.6 Å². The van der Waals surface area contributed by atoms with Gasteiger partial charge in [0, 0.05) is 13.7 Å². The zero-order valence-corrected chi connectivity index (χ0v) is 8.59. The smallest absolute Gasteiger partial charge is 0.237 e. The molecule has 2 atom stereocenters. The highest BCUT2D eigenvalue weighted by molar-refractivity contribution is 5.82. The molecule has 0 bridgehead atoms. The van der Waals surface area contributed by atoms with Crippen LogP contribution in [0.5, 0.6) is 0 Å². The molecular weight excluding hydrogens is 180 g/mol. The van der Waals surface area contributed by atoms with Gasteiger partial charge in [-0.25, -0.2) is 0 Å². The summed E-state index contributed by atoms with van der Waals surface area (Å²) in [7, 11) is 1.66. The van der Waals surface area contributed by atoms with Gasteiger partial charge in [-0.1, -0.05) is 5.92 Å². The van der Waals surface area contributed by atoms with Gasteiger partial charge in [-0.2, -0.15) is 0 Å². The molecule has 1 fully saturated rings. The van der Waals surface area contributed by atoms with Crippen LogP contribution in [0.15, 0.2) is 0 Å². The summed E-state index contributed by atoms with van der Waals surface area (Å²) in [6.45, 7) is 2.92. The summed E-state index contributed by atoms with van der Waals surface area (Å²) in [5.74, 6) is 5.52. The highest BCUT2D eigenvalue weighted by atomic mass is 16.5.